The van der Waals surface area contributed by atoms with Gasteiger partial charge in [0.15, 0.2) is 5.76 Å². The molecule has 314 valence electrons. The molecule has 4 amide bonds. The predicted octanol–water partition coefficient (Wildman–Crippen LogP) is 6.27. The van der Waals surface area contributed by atoms with E-state index in [0.29, 0.717) is 53.5 Å². The van der Waals surface area contributed by atoms with Gasteiger partial charge in [-0.3, -0.25) is 14.4 Å². The molecule has 2 aliphatic heterocycles. The Morgan fingerprint density at radius 2 is 1.27 bits per heavy atom. The molecule has 7 rings (SSSR count). The minimum absolute atomic E-state index is 0.120. The molecule has 4 N–H and O–H groups in total. The lowest BCUT2D eigenvalue weighted by molar-refractivity contribution is -0.136. The molecular formula is C42H52N8O9. The van der Waals surface area contributed by atoms with Crippen LogP contribution in [0.25, 0.3) is 21.9 Å². The second kappa shape index (κ2) is 16.3. The largest absolute Gasteiger partial charge is 0.460 e. The van der Waals surface area contributed by atoms with Crippen LogP contribution in [0.1, 0.15) is 119 Å². The summed E-state index contributed by atoms with van der Waals surface area (Å²) in [6, 6.07) is 5.16. The summed E-state index contributed by atoms with van der Waals surface area (Å²) in [7, 11) is 2.53. The number of ketones is 1. The molecule has 2 fully saturated rings. The van der Waals surface area contributed by atoms with E-state index in [9.17, 15) is 24.0 Å². The van der Waals surface area contributed by atoms with Crippen LogP contribution >= 0.6 is 0 Å². The number of carbonyl (C=O) groups is 5. The van der Waals surface area contributed by atoms with Crippen molar-refractivity contribution in [2.45, 2.75) is 96.8 Å². The Morgan fingerprint density at radius 1 is 0.746 bits per heavy atom. The molecule has 17 heteroatoms. The zero-order valence-electron chi connectivity index (χ0n) is 34.6. The van der Waals surface area contributed by atoms with E-state index in [1.807, 2.05) is 53.7 Å². The number of rotatable bonds is 12. The fraction of sp³-hybridized carbons (Fsp3) is 0.500. The number of carbonyl (C=O) groups excluding carboxylic acids is 5. The number of aromatic nitrogens is 4. The monoisotopic (exact) mass is 812 g/mol. The van der Waals surface area contributed by atoms with Crippen LogP contribution in [0.2, 0.25) is 0 Å². The smallest absolute Gasteiger partial charge is 0.407 e. The van der Waals surface area contributed by atoms with Crippen LogP contribution < -0.4 is 10.6 Å². The molecule has 59 heavy (non-hydrogen) atoms. The minimum Gasteiger partial charge on any atom is -0.460 e. The van der Waals surface area contributed by atoms with Crippen LogP contribution in [0.5, 0.6) is 0 Å². The zero-order valence-corrected chi connectivity index (χ0v) is 34.6. The van der Waals surface area contributed by atoms with Crippen molar-refractivity contribution in [1.29, 1.82) is 0 Å². The van der Waals surface area contributed by atoms with Gasteiger partial charge < -0.3 is 48.7 Å². The number of nitrogens with one attached hydrogen (secondary N) is 4. The van der Waals surface area contributed by atoms with Crippen molar-refractivity contribution in [3.05, 3.63) is 71.2 Å². The summed E-state index contributed by atoms with van der Waals surface area (Å²) in [6.07, 6.45) is 4.82. The quantitative estimate of drug-likeness (QED) is 0.103. The number of nitrogens with zero attached hydrogens (tertiary/aromatic N) is 4. The maximum Gasteiger partial charge on any atom is 0.407 e. The lowest BCUT2D eigenvalue weighted by Crippen LogP contribution is -2.51. The molecule has 0 bridgehead atoms. The normalized spacial score (nSPS) is 18.2. The summed E-state index contributed by atoms with van der Waals surface area (Å²) in [6.45, 7) is 12.6. The Balaban J connectivity index is 1.06. The lowest BCUT2D eigenvalue weighted by atomic mass is 9.87. The highest BCUT2D eigenvalue weighted by Gasteiger charge is 2.40. The molecule has 1 aromatic carbocycles. The van der Waals surface area contributed by atoms with Gasteiger partial charge in [-0.25, -0.2) is 19.6 Å². The molecule has 2 aliphatic rings. The van der Waals surface area contributed by atoms with Crippen LogP contribution in [0.3, 0.4) is 0 Å². The first kappa shape index (κ1) is 41.0. The number of ether oxygens (including phenoxy) is 2. The molecule has 0 radical (unpaired) electrons. The maximum atomic E-state index is 13.7. The summed E-state index contributed by atoms with van der Waals surface area (Å²) >= 11 is 0. The molecule has 2 saturated heterocycles. The van der Waals surface area contributed by atoms with Gasteiger partial charge in [0, 0.05) is 41.8 Å². The molecule has 5 aromatic rings. The Hall–Kier alpha value is -6.13. The van der Waals surface area contributed by atoms with E-state index < -0.39 is 35.5 Å². The van der Waals surface area contributed by atoms with Crippen LogP contribution in [-0.2, 0) is 24.5 Å². The summed E-state index contributed by atoms with van der Waals surface area (Å²) < 4.78 is 22.0. The van der Waals surface area contributed by atoms with Gasteiger partial charge in [0.1, 0.15) is 46.4 Å². The fourth-order valence-corrected chi connectivity index (χ4v) is 8.09. The second-order valence-corrected chi connectivity index (χ2v) is 16.6. The molecule has 0 spiro atoms. The molecule has 17 nitrogen and oxygen atoms in total. The van der Waals surface area contributed by atoms with E-state index in [1.165, 1.54) is 20.4 Å². The summed E-state index contributed by atoms with van der Waals surface area (Å²) in [4.78, 5) is 84.1. The summed E-state index contributed by atoms with van der Waals surface area (Å²) in [5.74, 6) is 0.820. The summed E-state index contributed by atoms with van der Waals surface area (Å²) in [5, 5.41) is 6.86. The fourth-order valence-electron chi connectivity index (χ4n) is 8.09. The van der Waals surface area contributed by atoms with Gasteiger partial charge in [-0.05, 0) is 69.6 Å². The number of fused-ring (bicyclic) bond motifs is 2. The van der Waals surface area contributed by atoms with Crippen molar-refractivity contribution in [1.82, 2.24) is 40.4 Å². The van der Waals surface area contributed by atoms with Crippen LogP contribution in [0, 0.1) is 11.8 Å². The Kier molecular flexibility index (Phi) is 11.3. The highest BCUT2D eigenvalue weighted by atomic mass is 16.5. The number of aromatic amines is 2. The highest BCUT2D eigenvalue weighted by Crippen LogP contribution is 2.39. The zero-order chi connectivity index (χ0) is 42.3. The second-order valence-electron chi connectivity index (χ2n) is 16.6. The molecule has 4 aromatic heterocycles. The van der Waals surface area contributed by atoms with Gasteiger partial charge in [0.2, 0.25) is 17.6 Å². The average molecular weight is 813 g/mol. The molecule has 0 saturated carbocycles. The molecule has 4 unspecified atom stereocenters. The number of likely N-dealkylation sites (tertiary alicyclic amines) is 2. The van der Waals surface area contributed by atoms with Crippen LogP contribution in [0.4, 0.5) is 9.59 Å². The Labute approximate surface area is 340 Å². The van der Waals surface area contributed by atoms with E-state index in [1.54, 1.807) is 28.1 Å². The van der Waals surface area contributed by atoms with Crippen LogP contribution in [-0.4, -0.2) is 98.9 Å². The van der Waals surface area contributed by atoms with Gasteiger partial charge in [0.25, 0.3) is 0 Å². The van der Waals surface area contributed by atoms with E-state index in [0.717, 1.165) is 30.3 Å². The van der Waals surface area contributed by atoms with Gasteiger partial charge >= 0.3 is 12.2 Å². The van der Waals surface area contributed by atoms with Crippen LogP contribution in [0.15, 0.2) is 45.5 Å². The first-order valence-corrected chi connectivity index (χ1v) is 20.0. The SMILES string of the molecule is COC(=O)NC(C(=O)N1CCCC1c1ncc(C(=O)c2cc3cc4cc(C(C)(C)c5cnc(C6CCCN6C(=O)C(NC(=O)OC)C(C)C)[nH]5)oc4cc3o2)[nH]1)C(C)C. The molecule has 4 atom stereocenters. The molecule has 6 heterocycles. The van der Waals surface area contributed by atoms with Gasteiger partial charge in [-0.1, -0.05) is 27.7 Å². The average Bonchev–Trinajstić information content (AvgIpc) is 4.05. The molecule has 0 aliphatic carbocycles. The lowest BCUT2D eigenvalue weighted by Gasteiger charge is -2.30. The maximum absolute atomic E-state index is 13.7. The van der Waals surface area contributed by atoms with Gasteiger partial charge in [-0.15, -0.1) is 0 Å². The van der Waals surface area contributed by atoms with Crippen molar-refractivity contribution in [3.63, 3.8) is 0 Å². The van der Waals surface area contributed by atoms with Crippen molar-refractivity contribution in [2.75, 3.05) is 27.3 Å². The molecular weight excluding hydrogens is 761 g/mol. The third-order valence-electron chi connectivity index (χ3n) is 11.6. The minimum atomic E-state index is -0.773. The first-order valence-electron chi connectivity index (χ1n) is 20.0. The third-order valence-corrected chi connectivity index (χ3v) is 11.6. The van der Waals surface area contributed by atoms with Crippen molar-refractivity contribution in [3.8, 4) is 0 Å². The number of hydrogen-bond acceptors (Lipinski definition) is 11. The summed E-state index contributed by atoms with van der Waals surface area (Å²) in [5.41, 5.74) is 1.44. The van der Waals surface area contributed by atoms with E-state index >= 15 is 0 Å². The Morgan fingerprint density at radius 3 is 1.83 bits per heavy atom. The topological polar surface area (TPSA) is 218 Å². The van der Waals surface area contributed by atoms with Gasteiger partial charge in [-0.2, -0.15) is 0 Å². The highest BCUT2D eigenvalue weighted by molar-refractivity contribution is 6.08. The van der Waals surface area contributed by atoms with Crippen molar-refractivity contribution < 1.29 is 42.3 Å². The number of H-pyrrole nitrogens is 2. The number of benzene rings is 1. The number of amides is 4. The number of furan rings is 2. The van der Waals surface area contributed by atoms with Gasteiger partial charge in [0.05, 0.1) is 37.9 Å². The standard InChI is InChI=1S/C42H52N8O9/c1-21(2)33(47-40(54)56-7)38(52)49-13-9-11-26(49)36-43-19-25(45-36)35(51)30-16-23-15-24-17-32(59-29(24)18-28(23)58-30)42(5,6)31-20-44-37(46-31)27-12-10-14-50(27)39(53)34(22(3)4)48-41(55)57-8/h15-22,26-27,33-34H,9-14H2,1-8H3,(H,43,45)(H,44,46)(H,47,54)(H,48,55). The van der Waals surface area contributed by atoms with Crippen molar-refractivity contribution in [2.24, 2.45) is 11.8 Å². The number of alkyl carbamates (subject to hydrolysis) is 2. The first-order chi connectivity index (χ1) is 28.1. The third kappa shape index (κ3) is 7.89. The van der Waals surface area contributed by atoms with E-state index in [4.69, 9.17) is 23.3 Å². The Bertz CT molecular complexity index is 2330. The van der Waals surface area contributed by atoms with Crippen molar-refractivity contribution >= 4 is 51.7 Å². The van der Waals surface area contributed by atoms with E-state index in [-0.39, 0.29) is 47.2 Å². The predicted molar refractivity (Wildman–Crippen MR) is 214 cm³/mol. The van der Waals surface area contributed by atoms with E-state index in [2.05, 4.69) is 25.6 Å². The number of methoxy groups -OCH3 is 2. The number of hydrogen-bond donors (Lipinski definition) is 4. The number of imidazole rings is 2.